The molecule has 1 fully saturated rings. The van der Waals surface area contributed by atoms with Crippen LogP contribution in [0.15, 0.2) is 24.3 Å². The fraction of sp³-hybridized carbons (Fsp3) is 0.500. The highest BCUT2D eigenvalue weighted by Gasteiger charge is 2.30. The van der Waals surface area contributed by atoms with Crippen LogP contribution in [0.3, 0.4) is 0 Å². The first-order chi connectivity index (χ1) is 8.61. The van der Waals surface area contributed by atoms with E-state index in [9.17, 15) is 9.90 Å². The van der Waals surface area contributed by atoms with Crippen LogP contribution in [0.5, 0.6) is 5.75 Å². The van der Waals surface area contributed by atoms with Crippen molar-refractivity contribution in [3.63, 3.8) is 0 Å². The first-order valence-electron chi connectivity index (χ1n) is 6.19. The second-order valence-electron chi connectivity index (χ2n) is 4.90. The van der Waals surface area contributed by atoms with Gasteiger partial charge in [-0.15, -0.1) is 0 Å². The molecule has 98 valence electrons. The lowest BCUT2D eigenvalue weighted by molar-refractivity contribution is -0.143. The van der Waals surface area contributed by atoms with Gasteiger partial charge in [0.25, 0.3) is 0 Å². The number of likely N-dealkylation sites (N-methyl/N-ethyl adjacent to an activating group) is 1. The molecule has 0 saturated heterocycles. The summed E-state index contributed by atoms with van der Waals surface area (Å²) >= 11 is 0. The number of ether oxygens (including phenoxy) is 1. The lowest BCUT2D eigenvalue weighted by atomic mass is 10.1. The highest BCUT2D eigenvalue weighted by Crippen LogP contribution is 2.32. The first kappa shape index (κ1) is 12.9. The fourth-order valence-electron chi connectivity index (χ4n) is 2.18. The van der Waals surface area contributed by atoms with Gasteiger partial charge in [0.2, 0.25) is 0 Å². The smallest absolute Gasteiger partial charge is 0.325 e. The van der Waals surface area contributed by atoms with E-state index in [2.05, 4.69) is 0 Å². The van der Waals surface area contributed by atoms with Crippen LogP contribution in [0.4, 0.5) is 0 Å². The van der Waals surface area contributed by atoms with Gasteiger partial charge in [-0.05, 0) is 43.5 Å². The zero-order chi connectivity index (χ0) is 13.1. The summed E-state index contributed by atoms with van der Waals surface area (Å²) in [6, 6.07) is 6.67. The van der Waals surface area contributed by atoms with E-state index in [1.807, 2.05) is 24.1 Å². The summed E-state index contributed by atoms with van der Waals surface area (Å²) < 4.78 is 5.08. The molecule has 1 aromatic rings. The van der Waals surface area contributed by atoms with E-state index in [1.165, 1.54) is 12.8 Å². The van der Waals surface area contributed by atoms with Gasteiger partial charge in [-0.1, -0.05) is 12.1 Å². The zero-order valence-corrected chi connectivity index (χ0v) is 10.8. The Morgan fingerprint density at radius 1 is 1.44 bits per heavy atom. The molecule has 0 amide bonds. The van der Waals surface area contributed by atoms with E-state index in [1.54, 1.807) is 19.2 Å². The van der Waals surface area contributed by atoms with Crippen LogP contribution < -0.4 is 4.74 Å². The normalized spacial score (nSPS) is 16.6. The molecular formula is C14H19NO3. The predicted octanol–water partition coefficient (Wildman–Crippen LogP) is 2.16. The molecule has 0 aliphatic heterocycles. The minimum Gasteiger partial charge on any atom is -0.497 e. The van der Waals surface area contributed by atoms with Gasteiger partial charge in [0, 0.05) is 6.54 Å². The standard InChI is InChI=1S/C14H19NO3/c1-15(9-10-3-4-10)13(14(16)17)11-5-7-12(18-2)8-6-11/h5-8,10,13H,3-4,9H2,1-2H3,(H,16,17). The average molecular weight is 249 g/mol. The van der Waals surface area contributed by atoms with E-state index in [-0.39, 0.29) is 0 Å². The van der Waals surface area contributed by atoms with Gasteiger partial charge < -0.3 is 9.84 Å². The Kier molecular flexibility index (Phi) is 3.87. The summed E-state index contributed by atoms with van der Waals surface area (Å²) in [6.45, 7) is 0.850. The second-order valence-corrected chi connectivity index (χ2v) is 4.90. The van der Waals surface area contributed by atoms with Crippen molar-refractivity contribution in [2.45, 2.75) is 18.9 Å². The van der Waals surface area contributed by atoms with Crippen molar-refractivity contribution in [2.75, 3.05) is 20.7 Å². The van der Waals surface area contributed by atoms with Crippen molar-refractivity contribution in [3.8, 4) is 5.75 Å². The molecule has 4 nitrogen and oxygen atoms in total. The summed E-state index contributed by atoms with van der Waals surface area (Å²) in [5.74, 6) is 0.617. The molecule has 1 unspecified atom stereocenters. The van der Waals surface area contributed by atoms with E-state index in [0.29, 0.717) is 5.92 Å². The third-order valence-corrected chi connectivity index (χ3v) is 3.35. The topological polar surface area (TPSA) is 49.8 Å². The molecule has 0 radical (unpaired) electrons. The van der Waals surface area contributed by atoms with Gasteiger partial charge in [-0.3, -0.25) is 9.69 Å². The van der Waals surface area contributed by atoms with Crippen molar-refractivity contribution < 1.29 is 14.6 Å². The van der Waals surface area contributed by atoms with Gasteiger partial charge in [0.15, 0.2) is 0 Å². The Morgan fingerprint density at radius 2 is 2.06 bits per heavy atom. The average Bonchev–Trinajstić information content (AvgIpc) is 3.13. The Balaban J connectivity index is 2.14. The Bertz CT molecular complexity index is 412. The first-order valence-corrected chi connectivity index (χ1v) is 6.19. The summed E-state index contributed by atoms with van der Waals surface area (Å²) in [5, 5.41) is 9.38. The third kappa shape index (κ3) is 3.01. The molecule has 18 heavy (non-hydrogen) atoms. The van der Waals surface area contributed by atoms with E-state index >= 15 is 0 Å². The maximum absolute atomic E-state index is 11.4. The molecule has 0 heterocycles. The van der Waals surface area contributed by atoms with Crippen molar-refractivity contribution >= 4 is 5.97 Å². The number of hydrogen-bond donors (Lipinski definition) is 1. The Hall–Kier alpha value is -1.55. The van der Waals surface area contributed by atoms with Crippen molar-refractivity contribution in [2.24, 2.45) is 5.92 Å². The zero-order valence-electron chi connectivity index (χ0n) is 10.8. The van der Waals surface area contributed by atoms with Crippen molar-refractivity contribution in [1.82, 2.24) is 4.90 Å². The SMILES string of the molecule is COc1ccc(C(C(=O)O)N(C)CC2CC2)cc1. The number of methoxy groups -OCH3 is 1. The molecule has 1 aromatic carbocycles. The van der Waals surface area contributed by atoms with Crippen LogP contribution in [-0.4, -0.2) is 36.7 Å². The number of benzene rings is 1. The summed E-state index contributed by atoms with van der Waals surface area (Å²) in [6.07, 6.45) is 2.44. The molecule has 1 aliphatic carbocycles. The molecule has 4 heteroatoms. The Labute approximate surface area is 107 Å². The number of aliphatic carboxylic acids is 1. The van der Waals surface area contributed by atoms with Crippen LogP contribution in [0.1, 0.15) is 24.4 Å². The van der Waals surface area contributed by atoms with Gasteiger partial charge >= 0.3 is 5.97 Å². The van der Waals surface area contributed by atoms with E-state index in [4.69, 9.17) is 4.74 Å². The van der Waals surface area contributed by atoms with E-state index in [0.717, 1.165) is 17.9 Å². The fourth-order valence-corrected chi connectivity index (χ4v) is 2.18. The highest BCUT2D eigenvalue weighted by atomic mass is 16.5. The van der Waals surface area contributed by atoms with Crippen molar-refractivity contribution in [1.29, 1.82) is 0 Å². The van der Waals surface area contributed by atoms with Crippen LogP contribution in [0, 0.1) is 5.92 Å². The van der Waals surface area contributed by atoms with E-state index < -0.39 is 12.0 Å². The van der Waals surface area contributed by atoms with Gasteiger partial charge in [-0.2, -0.15) is 0 Å². The molecule has 1 atom stereocenters. The number of nitrogens with zero attached hydrogens (tertiary/aromatic N) is 1. The lowest BCUT2D eigenvalue weighted by Crippen LogP contribution is -2.32. The monoisotopic (exact) mass is 249 g/mol. The minimum absolute atomic E-state index is 0.573. The van der Waals surface area contributed by atoms with Crippen LogP contribution in [0.2, 0.25) is 0 Å². The van der Waals surface area contributed by atoms with Gasteiger partial charge in [0.05, 0.1) is 7.11 Å². The molecule has 1 saturated carbocycles. The molecule has 1 aliphatic rings. The summed E-state index contributed by atoms with van der Waals surface area (Å²) in [7, 11) is 3.48. The Morgan fingerprint density at radius 3 is 2.50 bits per heavy atom. The molecular weight excluding hydrogens is 230 g/mol. The molecule has 2 rings (SSSR count). The molecule has 0 spiro atoms. The number of carboxylic acid groups (broad SMARTS) is 1. The maximum atomic E-state index is 11.4. The number of carbonyl (C=O) groups is 1. The largest absolute Gasteiger partial charge is 0.497 e. The predicted molar refractivity (Wildman–Crippen MR) is 68.7 cm³/mol. The number of hydrogen-bond acceptors (Lipinski definition) is 3. The molecule has 0 aromatic heterocycles. The molecule has 1 N–H and O–H groups in total. The quantitative estimate of drug-likeness (QED) is 0.839. The summed E-state index contributed by atoms with van der Waals surface area (Å²) in [4.78, 5) is 13.3. The minimum atomic E-state index is -0.802. The highest BCUT2D eigenvalue weighted by molar-refractivity contribution is 5.75. The van der Waals surface area contributed by atoms with Gasteiger partial charge in [-0.25, -0.2) is 0 Å². The number of carboxylic acids is 1. The second kappa shape index (κ2) is 5.40. The summed E-state index contributed by atoms with van der Waals surface area (Å²) in [5.41, 5.74) is 0.798. The van der Waals surface area contributed by atoms with Crippen LogP contribution >= 0.6 is 0 Å². The third-order valence-electron chi connectivity index (χ3n) is 3.35. The number of rotatable bonds is 6. The maximum Gasteiger partial charge on any atom is 0.325 e. The lowest BCUT2D eigenvalue weighted by Gasteiger charge is -2.25. The van der Waals surface area contributed by atoms with Crippen LogP contribution in [0.25, 0.3) is 0 Å². The van der Waals surface area contributed by atoms with Gasteiger partial charge in [0.1, 0.15) is 11.8 Å². The van der Waals surface area contributed by atoms with Crippen LogP contribution in [-0.2, 0) is 4.79 Å². The molecule has 0 bridgehead atoms. The van der Waals surface area contributed by atoms with Crippen molar-refractivity contribution in [3.05, 3.63) is 29.8 Å².